The Kier molecular flexibility index (Phi) is 3.23. The van der Waals surface area contributed by atoms with Crippen LogP contribution in [-0.4, -0.2) is 42.3 Å². The van der Waals surface area contributed by atoms with Gasteiger partial charge in [-0.05, 0) is 12.1 Å². The molecule has 3 rings (SSSR count). The smallest absolute Gasteiger partial charge is 0.328 e. The molecular weight excluding hydrogens is 246 g/mol. The first-order valence-corrected chi connectivity index (χ1v) is 6.29. The van der Waals surface area contributed by atoms with E-state index in [9.17, 15) is 9.90 Å². The first kappa shape index (κ1) is 12.2. The van der Waals surface area contributed by atoms with Crippen LogP contribution in [0.2, 0.25) is 0 Å². The minimum absolute atomic E-state index is 0.482. The van der Waals surface area contributed by atoms with Crippen molar-refractivity contribution in [3.63, 3.8) is 0 Å². The molecule has 1 aliphatic heterocycles. The van der Waals surface area contributed by atoms with Gasteiger partial charge in [0, 0.05) is 18.5 Å². The van der Waals surface area contributed by atoms with Gasteiger partial charge >= 0.3 is 5.97 Å². The number of carboxylic acid groups (broad SMARTS) is 1. The highest BCUT2D eigenvalue weighted by Gasteiger charge is 2.31. The lowest BCUT2D eigenvalue weighted by molar-refractivity contribution is -0.146. The van der Waals surface area contributed by atoms with E-state index in [1.54, 1.807) is 0 Å². The van der Waals surface area contributed by atoms with E-state index in [0.717, 1.165) is 11.0 Å². The van der Waals surface area contributed by atoms with Gasteiger partial charge < -0.3 is 14.3 Å². The maximum absolute atomic E-state index is 11.5. The molecule has 0 saturated carbocycles. The van der Waals surface area contributed by atoms with Gasteiger partial charge in [-0.25, -0.2) is 0 Å². The second-order valence-electron chi connectivity index (χ2n) is 4.58. The maximum Gasteiger partial charge on any atom is 0.328 e. The van der Waals surface area contributed by atoms with Crippen LogP contribution in [0, 0.1) is 0 Å². The Morgan fingerprint density at radius 1 is 1.26 bits per heavy atom. The molecule has 2 aromatic rings. The van der Waals surface area contributed by atoms with Gasteiger partial charge in [0.05, 0.1) is 13.2 Å². The topological polar surface area (TPSA) is 62.9 Å². The molecule has 0 bridgehead atoms. The average molecular weight is 261 g/mol. The van der Waals surface area contributed by atoms with E-state index in [2.05, 4.69) is 0 Å². The third-order valence-electron chi connectivity index (χ3n) is 3.36. The van der Waals surface area contributed by atoms with Crippen LogP contribution >= 0.6 is 0 Å². The number of nitrogens with zero attached hydrogens (tertiary/aromatic N) is 1. The minimum atomic E-state index is -0.888. The molecule has 0 spiro atoms. The largest absolute Gasteiger partial charge is 0.480 e. The van der Waals surface area contributed by atoms with Gasteiger partial charge in [-0.2, -0.15) is 0 Å². The quantitative estimate of drug-likeness (QED) is 0.914. The summed E-state index contributed by atoms with van der Waals surface area (Å²) in [6.07, 6.45) is 0. The van der Waals surface area contributed by atoms with Crippen molar-refractivity contribution in [2.45, 2.75) is 6.04 Å². The van der Waals surface area contributed by atoms with Crippen LogP contribution in [0.5, 0.6) is 0 Å². The molecule has 19 heavy (non-hydrogen) atoms. The van der Waals surface area contributed by atoms with Crippen LogP contribution in [0.15, 0.2) is 34.7 Å². The van der Waals surface area contributed by atoms with E-state index in [1.807, 2.05) is 35.2 Å². The number of rotatable bonds is 3. The lowest BCUT2D eigenvalue weighted by atomic mass is 10.1. The summed E-state index contributed by atoms with van der Waals surface area (Å²) < 4.78 is 10.9. The molecule has 2 heterocycles. The second-order valence-corrected chi connectivity index (χ2v) is 4.58. The van der Waals surface area contributed by atoms with Gasteiger partial charge in [0.25, 0.3) is 0 Å². The highest BCUT2D eigenvalue weighted by molar-refractivity contribution is 5.81. The van der Waals surface area contributed by atoms with Crippen LogP contribution in [0.1, 0.15) is 11.8 Å². The van der Waals surface area contributed by atoms with E-state index in [4.69, 9.17) is 9.15 Å². The summed E-state index contributed by atoms with van der Waals surface area (Å²) in [4.78, 5) is 13.4. The van der Waals surface area contributed by atoms with Gasteiger partial charge in [0.1, 0.15) is 11.3 Å². The van der Waals surface area contributed by atoms with Crippen molar-refractivity contribution in [1.29, 1.82) is 0 Å². The molecule has 0 aliphatic carbocycles. The molecule has 1 fully saturated rings. The summed E-state index contributed by atoms with van der Waals surface area (Å²) in [5.41, 5.74) is 0.719. The fourth-order valence-corrected chi connectivity index (χ4v) is 2.43. The van der Waals surface area contributed by atoms with E-state index in [0.29, 0.717) is 32.1 Å². The van der Waals surface area contributed by atoms with Crippen molar-refractivity contribution in [2.75, 3.05) is 26.3 Å². The lowest BCUT2D eigenvalue weighted by Crippen LogP contribution is -2.42. The lowest BCUT2D eigenvalue weighted by Gasteiger charge is -2.30. The average Bonchev–Trinajstić information content (AvgIpc) is 2.82. The summed E-state index contributed by atoms with van der Waals surface area (Å²) in [6, 6.07) is 8.62. The van der Waals surface area contributed by atoms with E-state index in [-0.39, 0.29) is 0 Å². The van der Waals surface area contributed by atoms with E-state index in [1.165, 1.54) is 0 Å². The number of hydrogen-bond acceptors (Lipinski definition) is 4. The Hall–Kier alpha value is -1.85. The molecule has 5 heteroatoms. The molecule has 1 aromatic carbocycles. The first-order chi connectivity index (χ1) is 9.25. The van der Waals surface area contributed by atoms with E-state index >= 15 is 0 Å². The van der Waals surface area contributed by atoms with Gasteiger partial charge in [0.15, 0.2) is 6.04 Å². The minimum Gasteiger partial charge on any atom is -0.480 e. The third kappa shape index (κ3) is 2.34. The van der Waals surface area contributed by atoms with Gasteiger partial charge in [-0.1, -0.05) is 18.2 Å². The summed E-state index contributed by atoms with van der Waals surface area (Å²) in [6.45, 7) is 2.33. The monoisotopic (exact) mass is 261 g/mol. The SMILES string of the molecule is O=C(O)C(c1cc2ccccc2o1)N1CCOCC1. The fourth-order valence-electron chi connectivity index (χ4n) is 2.43. The highest BCUT2D eigenvalue weighted by Crippen LogP contribution is 2.28. The van der Waals surface area contributed by atoms with Crippen molar-refractivity contribution < 1.29 is 19.1 Å². The molecule has 1 aromatic heterocycles. The summed E-state index contributed by atoms with van der Waals surface area (Å²) in [5, 5.41) is 10.4. The maximum atomic E-state index is 11.5. The second kappa shape index (κ2) is 5.03. The molecule has 0 amide bonds. The number of para-hydroxylation sites is 1. The van der Waals surface area contributed by atoms with Crippen LogP contribution in [-0.2, 0) is 9.53 Å². The Morgan fingerprint density at radius 3 is 2.68 bits per heavy atom. The Labute approximate surface area is 110 Å². The predicted molar refractivity (Wildman–Crippen MR) is 69.0 cm³/mol. The number of hydrogen-bond donors (Lipinski definition) is 1. The van der Waals surface area contributed by atoms with Crippen molar-refractivity contribution in [2.24, 2.45) is 0 Å². The molecule has 0 radical (unpaired) electrons. The number of carboxylic acids is 1. The number of aliphatic carboxylic acids is 1. The third-order valence-corrected chi connectivity index (χ3v) is 3.36. The summed E-state index contributed by atoms with van der Waals surface area (Å²) in [7, 11) is 0. The fraction of sp³-hybridized carbons (Fsp3) is 0.357. The molecule has 1 atom stereocenters. The molecule has 1 N–H and O–H groups in total. The number of ether oxygens (including phenoxy) is 1. The number of fused-ring (bicyclic) bond motifs is 1. The van der Waals surface area contributed by atoms with Crippen molar-refractivity contribution in [1.82, 2.24) is 4.90 Å². The van der Waals surface area contributed by atoms with Crippen molar-refractivity contribution in [3.05, 3.63) is 36.1 Å². The van der Waals surface area contributed by atoms with Gasteiger partial charge in [-0.3, -0.25) is 9.69 Å². The zero-order chi connectivity index (χ0) is 13.2. The van der Waals surface area contributed by atoms with Gasteiger partial charge in [-0.15, -0.1) is 0 Å². The molecule has 5 nitrogen and oxygen atoms in total. The Bertz CT molecular complexity index is 553. The van der Waals surface area contributed by atoms with Crippen LogP contribution in [0.4, 0.5) is 0 Å². The Balaban J connectivity index is 1.96. The summed E-state index contributed by atoms with van der Waals surface area (Å²) >= 11 is 0. The zero-order valence-electron chi connectivity index (χ0n) is 10.4. The number of benzene rings is 1. The first-order valence-electron chi connectivity index (χ1n) is 6.29. The van der Waals surface area contributed by atoms with Crippen LogP contribution in [0.25, 0.3) is 11.0 Å². The normalized spacial score (nSPS) is 18.5. The predicted octanol–water partition coefficient (Wildman–Crippen LogP) is 1.89. The van der Waals surface area contributed by atoms with Crippen molar-refractivity contribution in [3.8, 4) is 0 Å². The number of carbonyl (C=O) groups is 1. The van der Waals surface area contributed by atoms with Gasteiger partial charge in [0.2, 0.25) is 0 Å². The molecule has 1 saturated heterocycles. The molecule has 100 valence electrons. The highest BCUT2D eigenvalue weighted by atomic mass is 16.5. The van der Waals surface area contributed by atoms with Crippen LogP contribution in [0.3, 0.4) is 0 Å². The summed E-state index contributed by atoms with van der Waals surface area (Å²) in [5.74, 6) is -0.406. The van der Waals surface area contributed by atoms with Crippen LogP contribution < -0.4 is 0 Å². The van der Waals surface area contributed by atoms with Crippen molar-refractivity contribution >= 4 is 16.9 Å². The number of morpholine rings is 1. The van der Waals surface area contributed by atoms with E-state index < -0.39 is 12.0 Å². The molecular formula is C14H15NO4. The number of furan rings is 1. The Morgan fingerprint density at radius 2 is 2.00 bits per heavy atom. The molecule has 1 unspecified atom stereocenters. The molecule has 1 aliphatic rings. The standard InChI is InChI=1S/C14H15NO4/c16-14(17)13(15-5-7-18-8-6-15)12-9-10-3-1-2-4-11(10)19-12/h1-4,9,13H,5-8H2,(H,16,17). The zero-order valence-corrected chi connectivity index (χ0v) is 10.4.